The molecule has 0 radical (unpaired) electrons. The number of rotatable bonds is 5. The highest BCUT2D eigenvalue weighted by molar-refractivity contribution is 5.90. The first-order valence-electron chi connectivity index (χ1n) is 8.09. The first-order valence-corrected chi connectivity index (χ1v) is 8.09. The number of hydrogen-bond donors (Lipinski definition) is 2. The lowest BCUT2D eigenvalue weighted by Crippen LogP contribution is -2.33. The van der Waals surface area contributed by atoms with Crippen LogP contribution in [0.2, 0.25) is 0 Å². The molecule has 0 aromatic carbocycles. The number of carbonyl (C=O) groups excluding carboxylic acids is 2. The van der Waals surface area contributed by atoms with Gasteiger partial charge in [-0.2, -0.15) is 5.10 Å². The van der Waals surface area contributed by atoms with Gasteiger partial charge in [0, 0.05) is 45.2 Å². The molecule has 0 saturated carbocycles. The molecule has 2 amide bonds. The van der Waals surface area contributed by atoms with Gasteiger partial charge in [0.15, 0.2) is 0 Å². The number of fused-ring (bicyclic) bond motifs is 1. The number of aryl methyl sites for hydroxylation is 1. The first kappa shape index (κ1) is 19.1. The predicted octanol–water partition coefficient (Wildman–Crippen LogP) is -0.861. The first-order chi connectivity index (χ1) is 12.5. The van der Waals surface area contributed by atoms with E-state index < -0.39 is 5.91 Å². The zero-order valence-electron chi connectivity index (χ0n) is 14.2. The molecule has 11 heteroatoms. The molecule has 0 fully saturated rings. The molecule has 26 heavy (non-hydrogen) atoms. The topological polar surface area (TPSA) is 149 Å². The molecule has 1 aliphatic heterocycles. The summed E-state index contributed by atoms with van der Waals surface area (Å²) in [6.07, 6.45) is 6.63. The van der Waals surface area contributed by atoms with Crippen LogP contribution in [0.4, 0.5) is 0 Å². The Kier molecular flexibility index (Phi) is 6.83. The van der Waals surface area contributed by atoms with Crippen molar-refractivity contribution in [3.05, 3.63) is 30.4 Å². The van der Waals surface area contributed by atoms with Crippen molar-refractivity contribution >= 4 is 18.3 Å². The fourth-order valence-corrected chi connectivity index (χ4v) is 2.69. The Bertz CT molecular complexity index is 716. The summed E-state index contributed by atoms with van der Waals surface area (Å²) in [5, 5.41) is 10.9. The van der Waals surface area contributed by atoms with Crippen LogP contribution in [-0.2, 0) is 29.1 Å². The number of carbonyl (C=O) groups is 3. The van der Waals surface area contributed by atoms with Gasteiger partial charge >= 0.3 is 0 Å². The van der Waals surface area contributed by atoms with Crippen LogP contribution in [0.3, 0.4) is 0 Å². The quantitative estimate of drug-likeness (QED) is 0.656. The minimum absolute atomic E-state index is 0.131. The van der Waals surface area contributed by atoms with Crippen molar-refractivity contribution in [3.8, 4) is 0 Å². The zero-order valence-corrected chi connectivity index (χ0v) is 14.2. The molecule has 0 bridgehead atoms. The lowest BCUT2D eigenvalue weighted by molar-refractivity contribution is -0.131. The number of primary amides is 1. The Morgan fingerprint density at radius 2 is 2.08 bits per heavy atom. The summed E-state index contributed by atoms with van der Waals surface area (Å²) in [7, 11) is 0. The van der Waals surface area contributed by atoms with E-state index >= 15 is 0 Å². The van der Waals surface area contributed by atoms with Crippen molar-refractivity contribution in [1.29, 1.82) is 0 Å². The summed E-state index contributed by atoms with van der Waals surface area (Å²) >= 11 is 0. The van der Waals surface area contributed by atoms with Crippen LogP contribution in [0, 0.1) is 0 Å². The number of nitrogens with two attached hydrogens (primary N) is 1. The van der Waals surface area contributed by atoms with Gasteiger partial charge in [0.2, 0.25) is 5.91 Å². The summed E-state index contributed by atoms with van der Waals surface area (Å²) in [5.41, 5.74) is 5.53. The van der Waals surface area contributed by atoms with Gasteiger partial charge in [0.1, 0.15) is 24.2 Å². The second-order valence-electron chi connectivity index (χ2n) is 5.60. The van der Waals surface area contributed by atoms with Crippen LogP contribution in [-0.4, -0.2) is 65.7 Å². The molecule has 3 N–H and O–H groups in total. The molecule has 2 aromatic heterocycles. The third kappa shape index (κ3) is 5.13. The molecule has 0 unspecified atom stereocenters. The zero-order chi connectivity index (χ0) is 18.9. The maximum atomic E-state index is 12.3. The van der Waals surface area contributed by atoms with E-state index in [0.29, 0.717) is 39.0 Å². The number of imidazole rings is 1. The van der Waals surface area contributed by atoms with Crippen molar-refractivity contribution < 1.29 is 19.5 Å². The number of amides is 2. The maximum absolute atomic E-state index is 12.3. The molecule has 0 aliphatic carbocycles. The molecule has 2 aromatic rings. The maximum Gasteiger partial charge on any atom is 0.290 e. The van der Waals surface area contributed by atoms with Crippen molar-refractivity contribution in [1.82, 2.24) is 29.2 Å². The van der Waals surface area contributed by atoms with Crippen molar-refractivity contribution in [2.24, 2.45) is 5.73 Å². The summed E-state index contributed by atoms with van der Waals surface area (Å²) in [4.78, 5) is 41.8. The molecule has 0 spiro atoms. The SMILES string of the molecule is NC(=O)c1cn2c(n1)CCN(C(=O)CCCn1cncn1)CC2.O=CO. The second-order valence-corrected chi connectivity index (χ2v) is 5.60. The van der Waals surface area contributed by atoms with Gasteiger partial charge in [-0.1, -0.05) is 0 Å². The van der Waals surface area contributed by atoms with Gasteiger partial charge in [-0.05, 0) is 6.42 Å². The van der Waals surface area contributed by atoms with E-state index in [-0.39, 0.29) is 18.1 Å². The summed E-state index contributed by atoms with van der Waals surface area (Å²) in [6.45, 7) is 2.29. The van der Waals surface area contributed by atoms with Crippen LogP contribution in [0.15, 0.2) is 18.9 Å². The van der Waals surface area contributed by atoms with E-state index in [2.05, 4.69) is 15.1 Å². The summed E-state index contributed by atoms with van der Waals surface area (Å²) in [6, 6.07) is 0. The predicted molar refractivity (Wildman–Crippen MR) is 89.0 cm³/mol. The number of nitrogens with zero attached hydrogens (tertiary/aromatic N) is 6. The summed E-state index contributed by atoms with van der Waals surface area (Å²) < 4.78 is 3.62. The number of carboxylic acid groups (broad SMARTS) is 1. The minimum Gasteiger partial charge on any atom is -0.483 e. The summed E-state index contributed by atoms with van der Waals surface area (Å²) in [5.74, 6) is 0.411. The Morgan fingerprint density at radius 1 is 1.31 bits per heavy atom. The molecule has 0 atom stereocenters. The van der Waals surface area contributed by atoms with E-state index in [1.165, 1.54) is 6.33 Å². The number of aromatic nitrogens is 5. The second kappa shape index (κ2) is 9.30. The van der Waals surface area contributed by atoms with Crippen LogP contribution in [0.5, 0.6) is 0 Å². The monoisotopic (exact) mass is 363 g/mol. The van der Waals surface area contributed by atoms with Gasteiger partial charge in [-0.25, -0.2) is 9.97 Å². The standard InChI is InChI=1S/C14H19N7O2.CH2O2/c15-14(23)11-8-20-7-6-19(5-3-12(20)18-11)13(22)2-1-4-21-10-16-9-17-21;2-1-3/h8-10H,1-7H2,(H2,15,23);1H,(H,2,3). The highest BCUT2D eigenvalue weighted by Crippen LogP contribution is 2.11. The Labute approximate surface area is 149 Å². The van der Waals surface area contributed by atoms with E-state index in [9.17, 15) is 9.59 Å². The third-order valence-corrected chi connectivity index (χ3v) is 3.92. The van der Waals surface area contributed by atoms with Crippen molar-refractivity contribution in [2.45, 2.75) is 32.4 Å². The van der Waals surface area contributed by atoms with Gasteiger partial charge in [0.05, 0.1) is 0 Å². The molecule has 3 rings (SSSR count). The van der Waals surface area contributed by atoms with E-state index in [1.807, 2.05) is 9.47 Å². The fourth-order valence-electron chi connectivity index (χ4n) is 2.69. The number of hydrogen-bond acceptors (Lipinski definition) is 6. The highest BCUT2D eigenvalue weighted by atomic mass is 16.3. The minimum atomic E-state index is -0.522. The van der Waals surface area contributed by atoms with Gasteiger partial charge in [-0.3, -0.25) is 19.1 Å². The van der Waals surface area contributed by atoms with Crippen LogP contribution >= 0.6 is 0 Å². The largest absolute Gasteiger partial charge is 0.483 e. The third-order valence-electron chi connectivity index (χ3n) is 3.92. The van der Waals surface area contributed by atoms with E-state index in [4.69, 9.17) is 15.6 Å². The molecular weight excluding hydrogens is 342 g/mol. The molecule has 0 saturated heterocycles. The molecule has 1 aliphatic rings. The van der Waals surface area contributed by atoms with Crippen LogP contribution in [0.1, 0.15) is 29.2 Å². The lowest BCUT2D eigenvalue weighted by atomic mass is 10.2. The average Bonchev–Trinajstić information content (AvgIpc) is 3.22. The molecule has 3 heterocycles. The van der Waals surface area contributed by atoms with E-state index in [1.54, 1.807) is 17.2 Å². The Balaban J connectivity index is 0.000000758. The Hall–Kier alpha value is -3.24. The van der Waals surface area contributed by atoms with Crippen LogP contribution < -0.4 is 5.73 Å². The molecule has 140 valence electrons. The fraction of sp³-hybridized carbons (Fsp3) is 0.467. The van der Waals surface area contributed by atoms with Crippen LogP contribution in [0.25, 0.3) is 0 Å². The van der Waals surface area contributed by atoms with Gasteiger partial charge < -0.3 is 20.3 Å². The average molecular weight is 363 g/mol. The molecule has 11 nitrogen and oxygen atoms in total. The Morgan fingerprint density at radius 3 is 2.73 bits per heavy atom. The lowest BCUT2D eigenvalue weighted by Gasteiger charge is -2.20. The van der Waals surface area contributed by atoms with Gasteiger partial charge in [-0.15, -0.1) is 0 Å². The van der Waals surface area contributed by atoms with Crippen molar-refractivity contribution in [3.63, 3.8) is 0 Å². The highest BCUT2D eigenvalue weighted by Gasteiger charge is 2.20. The van der Waals surface area contributed by atoms with E-state index in [0.717, 1.165) is 12.2 Å². The molecular formula is C15H21N7O4. The van der Waals surface area contributed by atoms with Crippen molar-refractivity contribution in [2.75, 3.05) is 13.1 Å². The normalized spacial score (nSPS) is 13.2. The smallest absolute Gasteiger partial charge is 0.290 e. The van der Waals surface area contributed by atoms with Gasteiger partial charge in [0.25, 0.3) is 12.4 Å².